The van der Waals surface area contributed by atoms with Gasteiger partial charge in [-0.15, -0.1) is 0 Å². The van der Waals surface area contributed by atoms with Gasteiger partial charge in [0.25, 0.3) is 0 Å². The summed E-state index contributed by atoms with van der Waals surface area (Å²) in [6.07, 6.45) is 4.73. The van der Waals surface area contributed by atoms with Crippen molar-refractivity contribution in [1.82, 2.24) is 0 Å². The lowest BCUT2D eigenvalue weighted by molar-refractivity contribution is 0.318. The first kappa shape index (κ1) is 13.6. The minimum absolute atomic E-state index is 0.0500. The number of nitrogens with two attached hydrogens (primary N) is 1. The molecule has 0 aromatic heterocycles. The summed E-state index contributed by atoms with van der Waals surface area (Å²) in [5.74, 6) is -0.432. The van der Waals surface area contributed by atoms with Crippen LogP contribution in [0, 0.1) is 5.82 Å². The summed E-state index contributed by atoms with van der Waals surface area (Å²) in [6.45, 7) is 2.89. The van der Waals surface area contributed by atoms with Crippen molar-refractivity contribution in [2.75, 3.05) is 11.4 Å². The van der Waals surface area contributed by atoms with E-state index in [2.05, 4.69) is 17.0 Å². The van der Waals surface area contributed by atoms with Gasteiger partial charge >= 0.3 is 0 Å². The van der Waals surface area contributed by atoms with E-state index in [0.717, 1.165) is 25.1 Å². The fourth-order valence-electron chi connectivity index (χ4n) is 2.86. The number of anilines is 1. The van der Waals surface area contributed by atoms with Crippen molar-refractivity contribution >= 4 is 11.5 Å². The van der Waals surface area contributed by atoms with Gasteiger partial charge in [-0.25, -0.2) is 4.39 Å². The van der Waals surface area contributed by atoms with E-state index in [1.807, 2.05) is 0 Å². The zero-order valence-corrected chi connectivity index (χ0v) is 11.1. The van der Waals surface area contributed by atoms with Gasteiger partial charge in [-0.1, -0.05) is 18.0 Å². The summed E-state index contributed by atoms with van der Waals surface area (Å²) in [5, 5.41) is 11.9. The second-order valence-corrected chi connectivity index (χ2v) is 4.87. The first-order chi connectivity index (χ1) is 9.17. The van der Waals surface area contributed by atoms with Crippen LogP contribution in [-0.4, -0.2) is 23.6 Å². The van der Waals surface area contributed by atoms with Crippen molar-refractivity contribution in [3.63, 3.8) is 0 Å². The van der Waals surface area contributed by atoms with Gasteiger partial charge in [0.15, 0.2) is 5.84 Å². The molecule has 1 aromatic carbocycles. The highest BCUT2D eigenvalue weighted by molar-refractivity contribution is 6.02. The third-order valence-corrected chi connectivity index (χ3v) is 3.76. The van der Waals surface area contributed by atoms with Crippen molar-refractivity contribution in [3.8, 4) is 0 Å². The summed E-state index contributed by atoms with van der Waals surface area (Å²) >= 11 is 0. The van der Waals surface area contributed by atoms with Gasteiger partial charge in [-0.2, -0.15) is 0 Å². The molecular weight excluding hydrogens is 245 g/mol. The Morgan fingerprint density at radius 3 is 2.74 bits per heavy atom. The van der Waals surface area contributed by atoms with E-state index in [1.165, 1.54) is 25.0 Å². The average molecular weight is 265 g/mol. The lowest BCUT2D eigenvalue weighted by atomic mass is 10.1. The fourth-order valence-corrected chi connectivity index (χ4v) is 2.86. The molecule has 104 valence electrons. The first-order valence-corrected chi connectivity index (χ1v) is 6.71. The van der Waals surface area contributed by atoms with Crippen LogP contribution in [0.1, 0.15) is 38.2 Å². The van der Waals surface area contributed by atoms with Gasteiger partial charge in [0.2, 0.25) is 0 Å². The van der Waals surface area contributed by atoms with E-state index < -0.39 is 0 Å². The van der Waals surface area contributed by atoms with Crippen molar-refractivity contribution in [1.29, 1.82) is 0 Å². The summed E-state index contributed by atoms with van der Waals surface area (Å²) in [5.41, 5.74) is 6.96. The van der Waals surface area contributed by atoms with E-state index in [1.54, 1.807) is 6.07 Å². The molecule has 0 heterocycles. The normalized spacial score (nSPS) is 16.8. The summed E-state index contributed by atoms with van der Waals surface area (Å²) in [4.78, 5) is 2.22. The Morgan fingerprint density at radius 1 is 1.47 bits per heavy atom. The standard InChI is InChI=1S/C14H20FN3O/c1-2-18(11-5-3-4-6-11)13-8-7-10(15)9-12(13)14(16)17-19/h7-9,11,19H,2-6H2,1H3,(H2,16,17). The number of nitrogens with zero attached hydrogens (tertiary/aromatic N) is 2. The van der Waals surface area contributed by atoms with Gasteiger partial charge in [-0.05, 0) is 38.0 Å². The topological polar surface area (TPSA) is 61.8 Å². The maximum Gasteiger partial charge on any atom is 0.172 e. The lowest BCUT2D eigenvalue weighted by Gasteiger charge is -2.31. The fraction of sp³-hybridized carbons (Fsp3) is 0.500. The minimum atomic E-state index is -0.382. The first-order valence-electron chi connectivity index (χ1n) is 6.71. The number of amidine groups is 1. The Kier molecular flexibility index (Phi) is 4.24. The van der Waals surface area contributed by atoms with Crippen LogP contribution in [0.5, 0.6) is 0 Å². The van der Waals surface area contributed by atoms with Crippen LogP contribution in [-0.2, 0) is 0 Å². The lowest BCUT2D eigenvalue weighted by Crippen LogP contribution is -2.35. The Hall–Kier alpha value is -1.78. The Balaban J connectivity index is 2.41. The van der Waals surface area contributed by atoms with Gasteiger partial charge < -0.3 is 15.8 Å². The number of rotatable bonds is 4. The van der Waals surface area contributed by atoms with Crippen LogP contribution in [0.25, 0.3) is 0 Å². The monoisotopic (exact) mass is 265 g/mol. The Labute approximate surface area is 112 Å². The third-order valence-electron chi connectivity index (χ3n) is 3.76. The van der Waals surface area contributed by atoms with E-state index >= 15 is 0 Å². The smallest absolute Gasteiger partial charge is 0.172 e. The largest absolute Gasteiger partial charge is 0.409 e. The van der Waals surface area contributed by atoms with Gasteiger partial charge in [0.1, 0.15) is 5.82 Å². The predicted molar refractivity (Wildman–Crippen MR) is 74.2 cm³/mol. The Bertz CT molecular complexity index is 470. The molecule has 2 rings (SSSR count). The van der Waals surface area contributed by atoms with Crippen LogP contribution in [0.2, 0.25) is 0 Å². The quantitative estimate of drug-likeness (QED) is 0.381. The molecule has 0 atom stereocenters. The molecule has 19 heavy (non-hydrogen) atoms. The van der Waals surface area contributed by atoms with E-state index in [-0.39, 0.29) is 11.7 Å². The third kappa shape index (κ3) is 2.80. The van der Waals surface area contributed by atoms with Crippen LogP contribution >= 0.6 is 0 Å². The zero-order chi connectivity index (χ0) is 13.8. The van der Waals surface area contributed by atoms with Gasteiger partial charge in [0, 0.05) is 23.8 Å². The number of halogens is 1. The second-order valence-electron chi connectivity index (χ2n) is 4.87. The molecular formula is C14H20FN3O. The summed E-state index contributed by atoms with van der Waals surface area (Å²) in [6, 6.07) is 4.91. The van der Waals surface area contributed by atoms with Gasteiger partial charge in [0.05, 0.1) is 0 Å². The molecule has 1 fully saturated rings. The van der Waals surface area contributed by atoms with Crippen molar-refractivity contribution < 1.29 is 9.60 Å². The highest BCUT2D eigenvalue weighted by Crippen LogP contribution is 2.30. The molecule has 3 N–H and O–H groups in total. The van der Waals surface area contributed by atoms with E-state index in [0.29, 0.717) is 11.6 Å². The molecule has 1 aliphatic carbocycles. The molecule has 0 radical (unpaired) electrons. The van der Waals surface area contributed by atoms with Crippen molar-refractivity contribution in [2.45, 2.75) is 38.6 Å². The van der Waals surface area contributed by atoms with Crippen LogP contribution in [0.4, 0.5) is 10.1 Å². The van der Waals surface area contributed by atoms with Crippen LogP contribution in [0.15, 0.2) is 23.4 Å². The molecule has 0 saturated heterocycles. The van der Waals surface area contributed by atoms with E-state index in [9.17, 15) is 4.39 Å². The van der Waals surface area contributed by atoms with Gasteiger partial charge in [-0.3, -0.25) is 0 Å². The maximum atomic E-state index is 13.4. The number of hydrogen-bond acceptors (Lipinski definition) is 3. The van der Waals surface area contributed by atoms with Crippen molar-refractivity contribution in [3.05, 3.63) is 29.6 Å². The highest BCUT2D eigenvalue weighted by atomic mass is 19.1. The minimum Gasteiger partial charge on any atom is -0.409 e. The molecule has 0 spiro atoms. The molecule has 4 nitrogen and oxygen atoms in total. The van der Waals surface area contributed by atoms with Crippen LogP contribution in [0.3, 0.4) is 0 Å². The SMILES string of the molecule is CCN(c1ccc(F)cc1/C(N)=N/O)C1CCCC1. The number of benzene rings is 1. The van der Waals surface area contributed by atoms with Crippen molar-refractivity contribution in [2.24, 2.45) is 10.9 Å². The highest BCUT2D eigenvalue weighted by Gasteiger charge is 2.24. The Morgan fingerprint density at radius 2 is 2.16 bits per heavy atom. The number of hydrogen-bond donors (Lipinski definition) is 2. The predicted octanol–water partition coefficient (Wildman–Crippen LogP) is 2.69. The van der Waals surface area contributed by atoms with E-state index in [4.69, 9.17) is 10.9 Å². The molecule has 1 aliphatic rings. The van der Waals surface area contributed by atoms with Crippen LogP contribution < -0.4 is 10.6 Å². The summed E-state index contributed by atoms with van der Waals surface area (Å²) in [7, 11) is 0. The molecule has 0 unspecified atom stereocenters. The molecule has 1 aromatic rings. The zero-order valence-electron chi connectivity index (χ0n) is 11.1. The average Bonchev–Trinajstić information content (AvgIpc) is 2.94. The molecule has 0 amide bonds. The summed E-state index contributed by atoms with van der Waals surface area (Å²) < 4.78 is 13.4. The number of oxime groups is 1. The molecule has 1 saturated carbocycles. The second kappa shape index (κ2) is 5.91. The molecule has 0 aliphatic heterocycles. The molecule has 0 bridgehead atoms. The maximum absolute atomic E-state index is 13.4. The molecule has 5 heteroatoms.